The Morgan fingerprint density at radius 3 is 2.72 bits per heavy atom. The summed E-state index contributed by atoms with van der Waals surface area (Å²) in [6.45, 7) is 2.31. The highest BCUT2D eigenvalue weighted by atomic mass is 32.2. The number of carbonyl (C=O) groups is 1. The monoisotopic (exact) mass is 274 g/mol. The molecule has 0 radical (unpaired) electrons. The van der Waals surface area contributed by atoms with Gasteiger partial charge in [-0.05, 0) is 19.1 Å². The first kappa shape index (κ1) is 14.4. The van der Waals surface area contributed by atoms with Crippen LogP contribution in [0.2, 0.25) is 0 Å². The van der Waals surface area contributed by atoms with Crippen LogP contribution in [-0.4, -0.2) is 43.4 Å². The molecule has 1 aromatic rings. The van der Waals surface area contributed by atoms with Gasteiger partial charge in [0.15, 0.2) is 0 Å². The van der Waals surface area contributed by atoms with Crippen molar-refractivity contribution < 1.29 is 23.1 Å². The van der Waals surface area contributed by atoms with Crippen molar-refractivity contribution in [3.8, 4) is 0 Å². The number of aromatic carboxylic acids is 1. The van der Waals surface area contributed by atoms with Crippen molar-refractivity contribution in [2.75, 3.05) is 23.7 Å². The average molecular weight is 274 g/mol. The maximum Gasteiger partial charge on any atom is 0.337 e. The lowest BCUT2D eigenvalue weighted by Gasteiger charge is -2.07. The first-order chi connectivity index (χ1) is 8.44. The Hall–Kier alpha value is -1.67. The topological polar surface area (TPSA) is 106 Å². The molecule has 100 valence electrons. The second-order valence-corrected chi connectivity index (χ2v) is 5.20. The fraction of sp³-hybridized carbons (Fsp3) is 0.400. The number of anilines is 1. The van der Waals surface area contributed by atoms with E-state index in [1.54, 1.807) is 6.92 Å². The molecule has 0 spiro atoms. The summed E-state index contributed by atoms with van der Waals surface area (Å²) in [5.41, 5.74) is -0.00716. The molecule has 0 atom stereocenters. The third-order valence-corrected chi connectivity index (χ3v) is 3.20. The van der Waals surface area contributed by atoms with Crippen LogP contribution in [0.4, 0.5) is 5.82 Å². The largest absolute Gasteiger partial charge is 0.478 e. The van der Waals surface area contributed by atoms with E-state index in [0.29, 0.717) is 6.61 Å². The van der Waals surface area contributed by atoms with Crippen molar-refractivity contribution in [3.05, 3.63) is 23.9 Å². The maximum absolute atomic E-state index is 11.5. The minimum Gasteiger partial charge on any atom is -0.478 e. The number of carboxylic acid groups (broad SMARTS) is 1. The van der Waals surface area contributed by atoms with E-state index < -0.39 is 16.0 Å². The smallest absolute Gasteiger partial charge is 0.337 e. The number of aromatic nitrogens is 1. The van der Waals surface area contributed by atoms with Crippen LogP contribution >= 0.6 is 0 Å². The van der Waals surface area contributed by atoms with Gasteiger partial charge in [-0.15, -0.1) is 0 Å². The van der Waals surface area contributed by atoms with Crippen LogP contribution in [0, 0.1) is 0 Å². The van der Waals surface area contributed by atoms with Gasteiger partial charge in [-0.2, -0.15) is 0 Å². The Morgan fingerprint density at radius 1 is 1.50 bits per heavy atom. The molecule has 0 amide bonds. The number of pyridine rings is 1. The van der Waals surface area contributed by atoms with Gasteiger partial charge in [-0.3, -0.25) is 4.72 Å². The van der Waals surface area contributed by atoms with E-state index in [-0.39, 0.29) is 23.7 Å². The molecule has 0 aliphatic heterocycles. The zero-order valence-electron chi connectivity index (χ0n) is 9.79. The number of carboxylic acids is 1. The fourth-order valence-electron chi connectivity index (χ4n) is 1.10. The summed E-state index contributed by atoms with van der Waals surface area (Å²) >= 11 is 0. The highest BCUT2D eigenvalue weighted by molar-refractivity contribution is 7.92. The summed E-state index contributed by atoms with van der Waals surface area (Å²) < 4.78 is 30.3. The maximum atomic E-state index is 11.5. The van der Waals surface area contributed by atoms with Gasteiger partial charge in [0.2, 0.25) is 10.0 Å². The van der Waals surface area contributed by atoms with Crippen LogP contribution in [0.5, 0.6) is 0 Å². The Morgan fingerprint density at radius 2 is 2.22 bits per heavy atom. The van der Waals surface area contributed by atoms with Crippen LogP contribution in [0.25, 0.3) is 0 Å². The molecule has 18 heavy (non-hydrogen) atoms. The zero-order chi connectivity index (χ0) is 13.6. The molecule has 1 aromatic heterocycles. The lowest BCUT2D eigenvalue weighted by Crippen LogP contribution is -2.20. The summed E-state index contributed by atoms with van der Waals surface area (Å²) in [5.74, 6) is -1.21. The van der Waals surface area contributed by atoms with Crippen LogP contribution in [0.15, 0.2) is 18.3 Å². The minimum atomic E-state index is -3.52. The van der Waals surface area contributed by atoms with E-state index in [1.165, 1.54) is 12.1 Å². The molecule has 1 rings (SSSR count). The van der Waals surface area contributed by atoms with E-state index in [1.807, 2.05) is 0 Å². The van der Waals surface area contributed by atoms with Gasteiger partial charge in [0.05, 0.1) is 17.9 Å². The van der Waals surface area contributed by atoms with E-state index in [9.17, 15) is 13.2 Å². The molecule has 1 heterocycles. The van der Waals surface area contributed by atoms with E-state index in [2.05, 4.69) is 9.71 Å². The fourth-order valence-corrected chi connectivity index (χ4v) is 1.98. The van der Waals surface area contributed by atoms with Gasteiger partial charge in [-0.25, -0.2) is 18.2 Å². The van der Waals surface area contributed by atoms with Gasteiger partial charge < -0.3 is 9.84 Å². The summed E-state index contributed by atoms with van der Waals surface area (Å²) in [4.78, 5) is 14.3. The molecule has 0 aliphatic rings. The Bertz CT molecular complexity index is 498. The summed E-state index contributed by atoms with van der Waals surface area (Å²) in [6, 6.07) is 2.57. The predicted molar refractivity (Wildman–Crippen MR) is 65.1 cm³/mol. The number of nitrogens with zero attached hydrogens (tertiary/aromatic N) is 1. The molecule has 7 nitrogen and oxygen atoms in total. The third-order valence-electron chi connectivity index (χ3n) is 1.97. The van der Waals surface area contributed by atoms with E-state index >= 15 is 0 Å². The van der Waals surface area contributed by atoms with Crippen molar-refractivity contribution in [3.63, 3.8) is 0 Å². The molecule has 0 aromatic carbocycles. The molecule has 0 saturated heterocycles. The van der Waals surface area contributed by atoms with E-state index in [0.717, 1.165) is 6.20 Å². The summed E-state index contributed by atoms with van der Waals surface area (Å²) in [7, 11) is -3.52. The van der Waals surface area contributed by atoms with Gasteiger partial charge in [0.1, 0.15) is 5.82 Å². The highest BCUT2D eigenvalue weighted by Gasteiger charge is 2.11. The molecular formula is C10H14N2O5S. The third kappa shape index (κ3) is 4.68. The SMILES string of the molecule is CCOCCS(=O)(=O)Nc1ccc(C(=O)O)cn1. The van der Waals surface area contributed by atoms with Crippen LogP contribution in [0.1, 0.15) is 17.3 Å². The average Bonchev–Trinajstić information content (AvgIpc) is 2.29. The molecule has 2 N–H and O–H groups in total. The van der Waals surface area contributed by atoms with Crippen LogP contribution < -0.4 is 4.72 Å². The molecular weight excluding hydrogens is 260 g/mol. The molecule has 8 heteroatoms. The number of sulfonamides is 1. The summed E-state index contributed by atoms with van der Waals surface area (Å²) in [6.07, 6.45) is 1.09. The number of hydrogen-bond donors (Lipinski definition) is 2. The van der Waals surface area contributed by atoms with Crippen molar-refractivity contribution in [1.82, 2.24) is 4.98 Å². The first-order valence-corrected chi connectivity index (χ1v) is 6.87. The van der Waals surface area contributed by atoms with Gasteiger partial charge in [0, 0.05) is 12.8 Å². The quantitative estimate of drug-likeness (QED) is 0.704. The Labute approximate surface area is 105 Å². The van der Waals surface area contributed by atoms with Gasteiger partial charge in [0.25, 0.3) is 0 Å². The standard InChI is InChI=1S/C10H14N2O5S/c1-2-17-5-6-18(15,16)12-9-4-3-8(7-11-9)10(13)14/h3-4,7H,2,5-6H2,1H3,(H,11,12)(H,13,14). The van der Waals surface area contributed by atoms with E-state index in [4.69, 9.17) is 9.84 Å². The van der Waals surface area contributed by atoms with Crippen molar-refractivity contribution in [1.29, 1.82) is 0 Å². The lowest BCUT2D eigenvalue weighted by molar-refractivity contribution is 0.0696. The van der Waals surface area contributed by atoms with Crippen LogP contribution in [-0.2, 0) is 14.8 Å². The molecule has 0 fully saturated rings. The van der Waals surface area contributed by atoms with Crippen molar-refractivity contribution >= 4 is 21.8 Å². The number of hydrogen-bond acceptors (Lipinski definition) is 5. The minimum absolute atomic E-state index is 0.00716. The lowest BCUT2D eigenvalue weighted by atomic mass is 10.3. The van der Waals surface area contributed by atoms with Gasteiger partial charge in [-0.1, -0.05) is 0 Å². The van der Waals surface area contributed by atoms with Crippen molar-refractivity contribution in [2.45, 2.75) is 6.92 Å². The second-order valence-electron chi connectivity index (χ2n) is 3.36. The number of rotatable bonds is 7. The molecule has 0 saturated carbocycles. The first-order valence-electron chi connectivity index (χ1n) is 5.22. The second kappa shape index (κ2) is 6.31. The molecule has 0 unspecified atom stereocenters. The summed E-state index contributed by atoms with van der Waals surface area (Å²) in [5, 5.41) is 8.66. The Kier molecular flexibility index (Phi) is 5.05. The number of ether oxygens (including phenoxy) is 1. The molecule has 0 bridgehead atoms. The predicted octanol–water partition coefficient (Wildman–Crippen LogP) is 0.558. The molecule has 0 aliphatic carbocycles. The number of nitrogens with one attached hydrogen (secondary N) is 1. The normalized spacial score (nSPS) is 11.2. The van der Waals surface area contributed by atoms with Crippen LogP contribution in [0.3, 0.4) is 0 Å². The Balaban J connectivity index is 2.63. The highest BCUT2D eigenvalue weighted by Crippen LogP contribution is 2.07. The zero-order valence-corrected chi connectivity index (χ0v) is 10.6. The van der Waals surface area contributed by atoms with Crippen molar-refractivity contribution in [2.24, 2.45) is 0 Å². The van der Waals surface area contributed by atoms with Gasteiger partial charge >= 0.3 is 5.97 Å².